The van der Waals surface area contributed by atoms with Gasteiger partial charge < -0.3 is 4.74 Å². The molecule has 5 heteroatoms. The summed E-state index contributed by atoms with van der Waals surface area (Å²) in [5.74, 6) is 0.751. The molecule has 0 saturated heterocycles. The molecule has 3 aromatic carbocycles. The van der Waals surface area contributed by atoms with E-state index < -0.39 is 0 Å². The monoisotopic (exact) mass is 505 g/mol. The van der Waals surface area contributed by atoms with Gasteiger partial charge in [-0.05, 0) is 65.2 Å². The minimum Gasteiger partial charge on any atom is -0.487 e. The Labute approximate surface area is 181 Å². The molecular weight excluding hydrogens is 490 g/mol. The third kappa shape index (κ3) is 5.44. The van der Waals surface area contributed by atoms with E-state index in [0.29, 0.717) is 11.6 Å². The topological polar surface area (TPSA) is 21.6 Å². The summed E-state index contributed by atoms with van der Waals surface area (Å²) in [6, 6.07) is 18.0. The van der Waals surface area contributed by atoms with E-state index in [1.54, 1.807) is 6.21 Å². The lowest BCUT2D eigenvalue weighted by molar-refractivity contribution is 0.304. The highest BCUT2D eigenvalue weighted by Gasteiger charge is 2.10. The lowest BCUT2D eigenvalue weighted by Gasteiger charge is -2.12. The van der Waals surface area contributed by atoms with Crippen molar-refractivity contribution in [2.45, 2.75) is 20.5 Å². The van der Waals surface area contributed by atoms with Gasteiger partial charge in [-0.25, -0.2) is 0 Å². The summed E-state index contributed by atoms with van der Waals surface area (Å²) < 4.78 is 7.91. The maximum Gasteiger partial charge on any atom is 0.142 e. The second-order valence-corrected chi connectivity index (χ2v) is 8.45. The Morgan fingerprint density at radius 1 is 1.00 bits per heavy atom. The van der Waals surface area contributed by atoms with E-state index in [2.05, 4.69) is 68.0 Å². The molecule has 0 bridgehead atoms. The molecule has 0 amide bonds. The van der Waals surface area contributed by atoms with Gasteiger partial charge in [0.2, 0.25) is 0 Å². The number of aryl methyl sites for hydroxylation is 2. The normalized spacial score (nSPS) is 11.1. The SMILES string of the molecule is Cc1ccc(COc2c(Br)cc(Br)cc2C=Nc2ccc(C)c(Cl)c2)cc1. The van der Waals surface area contributed by atoms with Crippen LogP contribution in [-0.4, -0.2) is 6.21 Å². The number of hydrogen-bond donors (Lipinski definition) is 0. The molecule has 138 valence electrons. The molecule has 0 N–H and O–H groups in total. The van der Waals surface area contributed by atoms with Crippen LogP contribution < -0.4 is 4.74 Å². The largest absolute Gasteiger partial charge is 0.487 e. The molecule has 0 saturated carbocycles. The van der Waals surface area contributed by atoms with Gasteiger partial charge in [-0.15, -0.1) is 0 Å². The first-order valence-corrected chi connectivity index (χ1v) is 10.4. The van der Waals surface area contributed by atoms with E-state index in [-0.39, 0.29) is 0 Å². The predicted octanol–water partition coefficient (Wildman–Crippen LogP) is 7.81. The minimum atomic E-state index is 0.484. The van der Waals surface area contributed by atoms with Crippen LogP contribution in [0.1, 0.15) is 22.3 Å². The van der Waals surface area contributed by atoms with Crippen LogP contribution in [-0.2, 0) is 6.61 Å². The van der Waals surface area contributed by atoms with E-state index in [9.17, 15) is 0 Å². The number of rotatable bonds is 5. The number of ether oxygens (including phenoxy) is 1. The van der Waals surface area contributed by atoms with Crippen molar-refractivity contribution < 1.29 is 4.74 Å². The molecule has 0 aliphatic heterocycles. The van der Waals surface area contributed by atoms with Gasteiger partial charge in [0.1, 0.15) is 12.4 Å². The number of aliphatic imine (C=N–C) groups is 1. The Balaban J connectivity index is 1.86. The van der Waals surface area contributed by atoms with Crippen LogP contribution in [0.5, 0.6) is 5.75 Å². The van der Waals surface area contributed by atoms with Gasteiger partial charge in [0.15, 0.2) is 0 Å². The van der Waals surface area contributed by atoms with Gasteiger partial charge in [-0.3, -0.25) is 4.99 Å². The summed E-state index contributed by atoms with van der Waals surface area (Å²) >= 11 is 13.3. The smallest absolute Gasteiger partial charge is 0.142 e. The molecule has 0 aromatic heterocycles. The van der Waals surface area contributed by atoms with Gasteiger partial charge in [0, 0.05) is 21.3 Å². The Morgan fingerprint density at radius 2 is 1.74 bits per heavy atom. The quantitative estimate of drug-likeness (QED) is 0.323. The van der Waals surface area contributed by atoms with Crippen LogP contribution >= 0.6 is 43.5 Å². The van der Waals surface area contributed by atoms with Gasteiger partial charge in [0.25, 0.3) is 0 Å². The molecule has 0 aliphatic rings. The average Bonchev–Trinajstić information content (AvgIpc) is 2.63. The zero-order valence-electron chi connectivity index (χ0n) is 15.0. The second-order valence-electron chi connectivity index (χ2n) is 6.27. The van der Waals surface area contributed by atoms with Crippen molar-refractivity contribution in [1.29, 1.82) is 0 Å². The molecule has 0 aliphatic carbocycles. The molecule has 0 unspecified atom stereocenters. The van der Waals surface area contributed by atoms with Crippen LogP contribution in [0.25, 0.3) is 0 Å². The van der Waals surface area contributed by atoms with Crippen LogP contribution in [0, 0.1) is 13.8 Å². The molecule has 3 aromatic rings. The lowest BCUT2D eigenvalue weighted by atomic mass is 10.1. The summed E-state index contributed by atoms with van der Waals surface area (Å²) in [7, 11) is 0. The van der Waals surface area contributed by atoms with Crippen molar-refractivity contribution in [3.8, 4) is 5.75 Å². The Kier molecular flexibility index (Phi) is 6.74. The molecule has 3 rings (SSSR count). The Morgan fingerprint density at radius 3 is 2.44 bits per heavy atom. The van der Waals surface area contributed by atoms with Crippen molar-refractivity contribution in [1.82, 2.24) is 0 Å². The zero-order valence-corrected chi connectivity index (χ0v) is 18.9. The first-order valence-electron chi connectivity index (χ1n) is 8.40. The molecule has 0 spiro atoms. The molecule has 2 nitrogen and oxygen atoms in total. The minimum absolute atomic E-state index is 0.484. The first-order chi connectivity index (χ1) is 12.9. The van der Waals surface area contributed by atoms with Crippen LogP contribution in [0.15, 0.2) is 68.5 Å². The highest BCUT2D eigenvalue weighted by molar-refractivity contribution is 9.11. The zero-order chi connectivity index (χ0) is 19.4. The van der Waals surface area contributed by atoms with Gasteiger partial charge in [-0.1, -0.05) is 63.4 Å². The highest BCUT2D eigenvalue weighted by Crippen LogP contribution is 2.33. The van der Waals surface area contributed by atoms with Crippen molar-refractivity contribution in [2.24, 2.45) is 4.99 Å². The predicted molar refractivity (Wildman–Crippen MR) is 121 cm³/mol. The first kappa shape index (κ1) is 20.1. The van der Waals surface area contributed by atoms with Crippen molar-refractivity contribution >= 4 is 55.4 Å². The highest BCUT2D eigenvalue weighted by atomic mass is 79.9. The summed E-state index contributed by atoms with van der Waals surface area (Å²) in [5, 5.41) is 0.705. The average molecular weight is 508 g/mol. The second kappa shape index (κ2) is 9.05. The summed E-state index contributed by atoms with van der Waals surface area (Å²) in [4.78, 5) is 4.56. The fraction of sp³-hybridized carbons (Fsp3) is 0.136. The molecule has 0 atom stereocenters. The third-order valence-corrected chi connectivity index (χ3v) is 5.50. The van der Waals surface area contributed by atoms with Crippen LogP contribution in [0.2, 0.25) is 5.02 Å². The molecule has 0 heterocycles. The lowest BCUT2D eigenvalue weighted by Crippen LogP contribution is -1.99. The van der Waals surface area contributed by atoms with E-state index >= 15 is 0 Å². The summed E-state index contributed by atoms with van der Waals surface area (Å²) in [5.41, 5.74) is 5.05. The van der Waals surface area contributed by atoms with E-state index in [4.69, 9.17) is 16.3 Å². The standard InChI is InChI=1S/C22H18Br2ClNO/c1-14-3-6-16(7-4-14)13-27-22-17(9-18(23)10-20(22)24)12-26-19-8-5-15(2)21(25)11-19/h3-12H,13H2,1-2H3. The van der Waals surface area contributed by atoms with Crippen molar-refractivity contribution in [3.63, 3.8) is 0 Å². The maximum atomic E-state index is 6.19. The third-order valence-electron chi connectivity index (χ3n) is 4.05. The summed E-state index contributed by atoms with van der Waals surface area (Å²) in [6.45, 7) is 4.53. The van der Waals surface area contributed by atoms with E-state index in [1.165, 1.54) is 5.56 Å². The van der Waals surface area contributed by atoms with Gasteiger partial charge in [-0.2, -0.15) is 0 Å². The van der Waals surface area contributed by atoms with Gasteiger partial charge >= 0.3 is 0 Å². The Hall–Kier alpha value is -1.62. The molecule has 27 heavy (non-hydrogen) atoms. The van der Waals surface area contributed by atoms with Crippen LogP contribution in [0.3, 0.4) is 0 Å². The molecule has 0 radical (unpaired) electrons. The van der Waals surface area contributed by atoms with E-state index in [0.717, 1.165) is 37.1 Å². The number of hydrogen-bond acceptors (Lipinski definition) is 2. The number of halogens is 3. The molecular formula is C22H18Br2ClNO. The fourth-order valence-electron chi connectivity index (χ4n) is 2.47. The van der Waals surface area contributed by atoms with Crippen molar-refractivity contribution in [2.75, 3.05) is 0 Å². The molecule has 0 fully saturated rings. The van der Waals surface area contributed by atoms with Gasteiger partial charge in [0.05, 0.1) is 10.2 Å². The Bertz CT molecular complexity index is 984. The van der Waals surface area contributed by atoms with E-state index in [1.807, 2.05) is 37.3 Å². The van der Waals surface area contributed by atoms with Crippen LogP contribution in [0.4, 0.5) is 5.69 Å². The number of benzene rings is 3. The van der Waals surface area contributed by atoms with Crippen molar-refractivity contribution in [3.05, 3.63) is 90.8 Å². The maximum absolute atomic E-state index is 6.19. The summed E-state index contributed by atoms with van der Waals surface area (Å²) in [6.07, 6.45) is 1.79. The fourth-order valence-corrected chi connectivity index (χ4v) is 4.02. The number of nitrogens with zero attached hydrogens (tertiary/aromatic N) is 1.